The molecule has 0 atom stereocenters. The van der Waals surface area contributed by atoms with Crippen LogP contribution in [0.25, 0.3) is 22.0 Å². The van der Waals surface area contributed by atoms with E-state index in [1.807, 2.05) is 24.3 Å². The van der Waals surface area contributed by atoms with Crippen molar-refractivity contribution in [3.63, 3.8) is 0 Å². The number of pyridine rings is 1. The van der Waals surface area contributed by atoms with E-state index < -0.39 is 9.84 Å². The second-order valence-electron chi connectivity index (χ2n) is 10.6. The summed E-state index contributed by atoms with van der Waals surface area (Å²) in [6, 6.07) is 23.7. The lowest BCUT2D eigenvalue weighted by molar-refractivity contribution is 0.172. The molecule has 1 N–H and O–H groups in total. The summed E-state index contributed by atoms with van der Waals surface area (Å²) in [5.41, 5.74) is 5.29. The molecular weight excluding hydrogens is 494 g/mol. The number of fused-ring (bicyclic) bond motifs is 1. The Balaban J connectivity index is 1.37. The lowest BCUT2D eigenvalue weighted by atomic mass is 9.89. The number of anilines is 2. The number of hydrogen-bond donors (Lipinski definition) is 1. The topological polar surface area (TPSA) is 71.4 Å². The third-order valence-corrected chi connectivity index (χ3v) is 8.88. The molecule has 0 radical (unpaired) electrons. The summed E-state index contributed by atoms with van der Waals surface area (Å²) < 4.78 is 25.3. The van der Waals surface area contributed by atoms with Gasteiger partial charge in [-0.25, -0.2) is 8.42 Å². The quantitative estimate of drug-likeness (QED) is 0.335. The number of likely N-dealkylation sites (tertiary alicyclic amines) is 1. The molecule has 0 saturated carbocycles. The van der Waals surface area contributed by atoms with E-state index in [-0.39, 0.29) is 10.5 Å². The maximum absolute atomic E-state index is 13.1. The van der Waals surface area contributed by atoms with E-state index in [1.165, 1.54) is 24.7 Å². The molecular formula is C31H35N3O3S. The number of aromatic nitrogens is 1. The highest BCUT2D eigenvalue weighted by molar-refractivity contribution is 7.90. The van der Waals surface area contributed by atoms with Gasteiger partial charge < -0.3 is 14.8 Å². The molecule has 0 spiro atoms. The van der Waals surface area contributed by atoms with Crippen LogP contribution in [-0.2, 0) is 16.9 Å². The van der Waals surface area contributed by atoms with Crippen molar-refractivity contribution in [2.75, 3.05) is 24.7 Å². The molecule has 0 amide bonds. The number of sulfone groups is 1. The van der Waals surface area contributed by atoms with Gasteiger partial charge in [-0.15, -0.1) is 0 Å². The number of aryl methyl sites for hydroxylation is 1. The van der Waals surface area contributed by atoms with Gasteiger partial charge in [0.05, 0.1) is 10.4 Å². The summed E-state index contributed by atoms with van der Waals surface area (Å²) in [5, 5.41) is 4.43. The molecule has 1 aliphatic heterocycles. The minimum Gasteiger partial charge on any atom is -0.356 e. The minimum absolute atomic E-state index is 0.125. The van der Waals surface area contributed by atoms with Crippen LogP contribution in [0, 0.1) is 0 Å². The zero-order valence-corrected chi connectivity index (χ0v) is 23.3. The van der Waals surface area contributed by atoms with Crippen LogP contribution in [0.2, 0.25) is 0 Å². The summed E-state index contributed by atoms with van der Waals surface area (Å²) in [6.45, 7) is 6.86. The summed E-state index contributed by atoms with van der Waals surface area (Å²) in [7, 11) is -1.54. The standard InChI is InChI=1S/C31H35N3O3S/c1-21(2)34-17-15-23(16-18-34)22-5-9-26(10-6-22)32-27-11-14-30-25(19-27)20-29(31(35)33(30)3)24-7-12-28(13-8-24)38(4,36)37/h5-14,19-21,23,32H,15-18H2,1-4H3. The van der Waals surface area contributed by atoms with E-state index in [1.54, 1.807) is 35.9 Å². The van der Waals surface area contributed by atoms with Crippen molar-refractivity contribution in [1.29, 1.82) is 0 Å². The van der Waals surface area contributed by atoms with Gasteiger partial charge >= 0.3 is 0 Å². The second kappa shape index (κ2) is 10.4. The molecule has 0 unspecified atom stereocenters. The molecule has 1 aromatic heterocycles. The van der Waals surface area contributed by atoms with Crippen molar-refractivity contribution < 1.29 is 8.42 Å². The monoisotopic (exact) mass is 529 g/mol. The van der Waals surface area contributed by atoms with Crippen molar-refractivity contribution in [2.45, 2.75) is 43.5 Å². The Kier molecular flexibility index (Phi) is 7.16. The SMILES string of the molecule is CC(C)N1CCC(c2ccc(Nc3ccc4c(c3)cc(-c3ccc(S(C)(=O)=O)cc3)c(=O)n4C)cc2)CC1. The zero-order chi connectivity index (χ0) is 27.0. The van der Waals surface area contributed by atoms with E-state index in [4.69, 9.17) is 0 Å². The molecule has 3 aromatic carbocycles. The van der Waals surface area contributed by atoms with Crippen LogP contribution in [0.15, 0.2) is 82.5 Å². The van der Waals surface area contributed by atoms with Crippen LogP contribution in [0.4, 0.5) is 11.4 Å². The smallest absolute Gasteiger partial charge is 0.258 e. The van der Waals surface area contributed by atoms with Gasteiger partial charge in [-0.3, -0.25) is 4.79 Å². The molecule has 5 rings (SSSR count). The van der Waals surface area contributed by atoms with Gasteiger partial charge in [0.1, 0.15) is 0 Å². The van der Waals surface area contributed by atoms with Gasteiger partial charge in [0.25, 0.3) is 5.56 Å². The fourth-order valence-corrected chi connectivity index (χ4v) is 6.03. The van der Waals surface area contributed by atoms with Crippen LogP contribution in [-0.4, -0.2) is 43.3 Å². The van der Waals surface area contributed by atoms with E-state index in [9.17, 15) is 13.2 Å². The van der Waals surface area contributed by atoms with Crippen LogP contribution < -0.4 is 10.9 Å². The third kappa shape index (κ3) is 5.40. The molecule has 4 aromatic rings. The Bertz CT molecular complexity index is 1610. The molecule has 7 heteroatoms. The summed E-state index contributed by atoms with van der Waals surface area (Å²) >= 11 is 0. The number of piperidine rings is 1. The molecule has 1 fully saturated rings. The maximum atomic E-state index is 13.1. The van der Waals surface area contributed by atoms with Crippen molar-refractivity contribution in [1.82, 2.24) is 9.47 Å². The van der Waals surface area contributed by atoms with Crippen molar-refractivity contribution >= 4 is 32.1 Å². The Morgan fingerprint density at radius 3 is 2.11 bits per heavy atom. The van der Waals surface area contributed by atoms with Crippen LogP contribution >= 0.6 is 0 Å². The molecule has 0 bridgehead atoms. The third-order valence-electron chi connectivity index (χ3n) is 7.75. The van der Waals surface area contributed by atoms with Gasteiger partial charge in [-0.05, 0) is 105 Å². The predicted molar refractivity (Wildman–Crippen MR) is 156 cm³/mol. The van der Waals surface area contributed by atoms with Crippen molar-refractivity contribution in [3.05, 3.63) is 88.7 Å². The zero-order valence-electron chi connectivity index (χ0n) is 22.4. The number of hydrogen-bond acceptors (Lipinski definition) is 5. The van der Waals surface area contributed by atoms with Crippen LogP contribution in [0.1, 0.15) is 38.2 Å². The first-order valence-electron chi connectivity index (χ1n) is 13.2. The first-order chi connectivity index (χ1) is 18.1. The van der Waals surface area contributed by atoms with Crippen LogP contribution in [0.3, 0.4) is 0 Å². The Morgan fingerprint density at radius 1 is 0.868 bits per heavy atom. The Hall–Kier alpha value is -3.42. The lowest BCUT2D eigenvalue weighted by Gasteiger charge is -2.34. The largest absolute Gasteiger partial charge is 0.356 e. The minimum atomic E-state index is -3.30. The molecule has 38 heavy (non-hydrogen) atoms. The highest BCUT2D eigenvalue weighted by atomic mass is 32.2. The van der Waals surface area contributed by atoms with Gasteiger partial charge in [0.2, 0.25) is 0 Å². The number of nitrogens with zero attached hydrogens (tertiary/aromatic N) is 2. The first kappa shape index (κ1) is 26.2. The van der Waals surface area contributed by atoms with Crippen LogP contribution in [0.5, 0.6) is 0 Å². The van der Waals surface area contributed by atoms with Crippen molar-refractivity contribution in [2.24, 2.45) is 7.05 Å². The Labute approximate surface area is 224 Å². The molecule has 6 nitrogen and oxygen atoms in total. The highest BCUT2D eigenvalue weighted by Crippen LogP contribution is 2.31. The first-order valence-corrected chi connectivity index (χ1v) is 15.0. The molecule has 1 saturated heterocycles. The number of benzene rings is 3. The Morgan fingerprint density at radius 2 is 1.50 bits per heavy atom. The number of nitrogens with one attached hydrogen (secondary N) is 1. The van der Waals surface area contributed by atoms with Gasteiger partial charge in [-0.2, -0.15) is 0 Å². The van der Waals surface area contributed by atoms with Gasteiger partial charge in [0, 0.05) is 41.7 Å². The summed E-state index contributed by atoms with van der Waals surface area (Å²) in [4.78, 5) is 15.9. The molecule has 198 valence electrons. The van der Waals surface area contributed by atoms with Crippen molar-refractivity contribution in [3.8, 4) is 11.1 Å². The van der Waals surface area contributed by atoms with Gasteiger partial charge in [0.15, 0.2) is 9.84 Å². The highest BCUT2D eigenvalue weighted by Gasteiger charge is 2.22. The van der Waals surface area contributed by atoms with E-state index in [0.29, 0.717) is 23.1 Å². The fraction of sp³-hybridized carbons (Fsp3) is 0.323. The second-order valence-corrected chi connectivity index (χ2v) is 12.7. The molecule has 2 heterocycles. The normalized spacial score (nSPS) is 15.3. The van der Waals surface area contributed by atoms with Gasteiger partial charge in [-0.1, -0.05) is 24.3 Å². The summed E-state index contributed by atoms with van der Waals surface area (Å²) in [6.07, 6.45) is 3.58. The fourth-order valence-electron chi connectivity index (χ4n) is 5.40. The average molecular weight is 530 g/mol. The van der Waals surface area contributed by atoms with E-state index >= 15 is 0 Å². The lowest BCUT2D eigenvalue weighted by Crippen LogP contribution is -2.37. The van der Waals surface area contributed by atoms with E-state index in [2.05, 4.69) is 48.3 Å². The molecule has 0 aliphatic carbocycles. The van der Waals surface area contributed by atoms with E-state index in [0.717, 1.165) is 35.4 Å². The predicted octanol–water partition coefficient (Wildman–Crippen LogP) is 5.94. The number of rotatable bonds is 6. The maximum Gasteiger partial charge on any atom is 0.258 e. The summed E-state index contributed by atoms with van der Waals surface area (Å²) in [5.74, 6) is 0.617. The average Bonchev–Trinajstić information content (AvgIpc) is 2.91. The molecule has 1 aliphatic rings.